The number of aromatic amines is 1. The van der Waals surface area contributed by atoms with Crippen LogP contribution in [0.15, 0.2) is 64.3 Å². The van der Waals surface area contributed by atoms with Crippen molar-refractivity contribution in [3.63, 3.8) is 0 Å². The first kappa shape index (κ1) is 27.2. The highest BCUT2D eigenvalue weighted by Crippen LogP contribution is 2.41. The molecule has 1 fully saturated rings. The number of ether oxygens (including phenoxy) is 1. The molecular formula is C26H23F3N2O7. The average Bonchev–Trinajstić information content (AvgIpc) is 3.20. The molecule has 1 unspecified atom stereocenters. The van der Waals surface area contributed by atoms with Crippen LogP contribution in [0.25, 0.3) is 0 Å². The van der Waals surface area contributed by atoms with Crippen molar-refractivity contribution < 1.29 is 37.7 Å². The second-order valence-corrected chi connectivity index (χ2v) is 9.11. The molecule has 4 atom stereocenters. The van der Waals surface area contributed by atoms with E-state index in [2.05, 4.69) is 0 Å². The molecule has 1 saturated heterocycles. The van der Waals surface area contributed by atoms with Crippen molar-refractivity contribution in [2.75, 3.05) is 0 Å². The Kier molecular flexibility index (Phi) is 6.99. The quantitative estimate of drug-likeness (QED) is 0.414. The van der Waals surface area contributed by atoms with E-state index in [9.17, 15) is 42.6 Å². The van der Waals surface area contributed by atoms with E-state index in [1.165, 1.54) is 24.3 Å². The van der Waals surface area contributed by atoms with Gasteiger partial charge in [0.2, 0.25) is 0 Å². The summed E-state index contributed by atoms with van der Waals surface area (Å²) in [5, 5.41) is 22.7. The molecule has 38 heavy (non-hydrogen) atoms. The van der Waals surface area contributed by atoms with Crippen LogP contribution < -0.4 is 11.2 Å². The fourth-order valence-electron chi connectivity index (χ4n) is 4.54. The Morgan fingerprint density at radius 2 is 1.61 bits per heavy atom. The van der Waals surface area contributed by atoms with Gasteiger partial charge in [-0.15, -0.1) is 0 Å². The maximum Gasteiger partial charge on any atom is 0.423 e. The Balaban J connectivity index is 1.83. The number of carbonyl (C=O) groups excluding carboxylic acids is 2. The van der Waals surface area contributed by atoms with E-state index < -0.39 is 65.0 Å². The first-order chi connectivity index (χ1) is 17.8. The third kappa shape index (κ3) is 4.73. The van der Waals surface area contributed by atoms with Crippen LogP contribution in [-0.4, -0.2) is 49.1 Å². The predicted octanol–water partition coefficient (Wildman–Crippen LogP) is 2.32. The highest BCUT2D eigenvalue weighted by atomic mass is 19.4. The number of H-pyrrole nitrogens is 1. The van der Waals surface area contributed by atoms with E-state index in [0.717, 1.165) is 0 Å². The Hall–Kier alpha value is -3.87. The number of Topliss-reactive ketones (excluding diaryl/α,β-unsaturated/α-hetero) is 2. The maximum atomic E-state index is 13.6. The van der Waals surface area contributed by atoms with Crippen molar-refractivity contribution in [2.24, 2.45) is 0 Å². The number of nitrogens with one attached hydrogen (secondary N) is 1. The van der Waals surface area contributed by atoms with Gasteiger partial charge in [-0.2, -0.15) is 13.2 Å². The molecule has 0 saturated carbocycles. The minimum absolute atomic E-state index is 0.0181. The standard InChI is InChI=1S/C26H23F3N2O7/c1-13-7-3-5-9-15(13)19(32)20(33)22-25(37,21(34)16-10-6-4-8-14(16)2)11-18(38-22)31-12-17(26(27,28)29)23(35)30-24(31)36/h3-10,12,18,20,22,33,37H,11H2,1-2H3,(H,30,35,36)/t18-,20?,22-,25-/m1/s1. The predicted molar refractivity (Wildman–Crippen MR) is 127 cm³/mol. The summed E-state index contributed by atoms with van der Waals surface area (Å²) in [5.41, 5.74) is -6.34. The molecule has 1 aromatic heterocycles. The number of alkyl halides is 3. The summed E-state index contributed by atoms with van der Waals surface area (Å²) >= 11 is 0. The van der Waals surface area contributed by atoms with Crippen LogP contribution >= 0.6 is 0 Å². The summed E-state index contributed by atoms with van der Waals surface area (Å²) < 4.78 is 46.1. The van der Waals surface area contributed by atoms with Crippen molar-refractivity contribution in [1.82, 2.24) is 9.55 Å². The second-order valence-electron chi connectivity index (χ2n) is 9.11. The molecule has 1 aliphatic heterocycles. The summed E-state index contributed by atoms with van der Waals surface area (Å²) in [7, 11) is 0. The van der Waals surface area contributed by atoms with Gasteiger partial charge in [-0.1, -0.05) is 48.5 Å². The molecule has 3 aromatic rings. The van der Waals surface area contributed by atoms with Gasteiger partial charge in [0, 0.05) is 23.7 Å². The first-order valence-electron chi connectivity index (χ1n) is 11.4. The topological polar surface area (TPSA) is 139 Å². The molecule has 0 spiro atoms. The number of benzene rings is 2. The number of aryl methyl sites for hydroxylation is 2. The van der Waals surface area contributed by atoms with Crippen molar-refractivity contribution in [3.05, 3.63) is 103 Å². The van der Waals surface area contributed by atoms with E-state index >= 15 is 0 Å². The molecule has 4 rings (SSSR count). The third-order valence-electron chi connectivity index (χ3n) is 6.59. The zero-order valence-corrected chi connectivity index (χ0v) is 20.2. The number of aromatic nitrogens is 2. The van der Waals surface area contributed by atoms with Crippen LogP contribution in [0.2, 0.25) is 0 Å². The minimum Gasteiger partial charge on any atom is -0.382 e. The highest BCUT2D eigenvalue weighted by Gasteiger charge is 2.58. The van der Waals surface area contributed by atoms with Gasteiger partial charge in [0.15, 0.2) is 17.2 Å². The van der Waals surface area contributed by atoms with Gasteiger partial charge < -0.3 is 14.9 Å². The van der Waals surface area contributed by atoms with Gasteiger partial charge in [0.25, 0.3) is 5.56 Å². The molecule has 12 heteroatoms. The Morgan fingerprint density at radius 1 is 1.05 bits per heavy atom. The lowest BCUT2D eigenvalue weighted by Crippen LogP contribution is -2.54. The first-order valence-corrected chi connectivity index (χ1v) is 11.4. The average molecular weight is 532 g/mol. The monoisotopic (exact) mass is 532 g/mol. The summed E-state index contributed by atoms with van der Waals surface area (Å²) in [5.74, 6) is -1.87. The Morgan fingerprint density at radius 3 is 2.16 bits per heavy atom. The number of carbonyl (C=O) groups is 2. The van der Waals surface area contributed by atoms with Crippen molar-refractivity contribution in [2.45, 2.75) is 50.5 Å². The number of hydrogen-bond acceptors (Lipinski definition) is 7. The SMILES string of the molecule is Cc1ccccc1C(=O)C(O)[C@H]1O[C@@H](n2cc(C(F)(F)F)c(=O)[nH]c2=O)C[C@@]1(O)C(=O)c1ccccc1C. The number of halogens is 3. The molecule has 3 N–H and O–H groups in total. The number of nitrogens with zero attached hydrogens (tertiary/aromatic N) is 1. The molecule has 0 amide bonds. The summed E-state index contributed by atoms with van der Waals surface area (Å²) in [6, 6.07) is 12.3. The highest BCUT2D eigenvalue weighted by molar-refractivity contribution is 6.06. The zero-order valence-electron chi connectivity index (χ0n) is 20.2. The van der Waals surface area contributed by atoms with Gasteiger partial charge >= 0.3 is 11.9 Å². The third-order valence-corrected chi connectivity index (χ3v) is 6.59. The van der Waals surface area contributed by atoms with Crippen LogP contribution in [-0.2, 0) is 10.9 Å². The molecule has 200 valence electrons. The summed E-state index contributed by atoms with van der Waals surface area (Å²) in [6.45, 7) is 3.18. The van der Waals surface area contributed by atoms with Gasteiger partial charge in [-0.05, 0) is 25.0 Å². The second kappa shape index (κ2) is 9.78. The largest absolute Gasteiger partial charge is 0.423 e. The number of aliphatic hydroxyl groups excluding tert-OH is 1. The fourth-order valence-corrected chi connectivity index (χ4v) is 4.54. The van der Waals surface area contributed by atoms with Gasteiger partial charge in [0.1, 0.15) is 24.0 Å². The molecule has 2 aromatic carbocycles. The van der Waals surface area contributed by atoms with Crippen LogP contribution in [0.5, 0.6) is 0 Å². The number of hydrogen-bond donors (Lipinski definition) is 3. The molecule has 1 aliphatic rings. The number of rotatable bonds is 6. The Bertz CT molecular complexity index is 1530. The number of aliphatic hydroxyl groups is 2. The van der Waals surface area contributed by atoms with Crippen molar-refractivity contribution >= 4 is 11.6 Å². The van der Waals surface area contributed by atoms with Crippen molar-refractivity contribution in [3.8, 4) is 0 Å². The molecule has 0 aliphatic carbocycles. The van der Waals surface area contributed by atoms with Crippen LogP contribution in [0.4, 0.5) is 13.2 Å². The molecule has 2 heterocycles. The van der Waals surface area contributed by atoms with E-state index in [4.69, 9.17) is 4.74 Å². The lowest BCUT2D eigenvalue weighted by molar-refractivity contribution is -0.139. The maximum absolute atomic E-state index is 13.6. The van der Waals surface area contributed by atoms with E-state index in [1.54, 1.807) is 43.1 Å². The Labute approximate surface area is 213 Å². The van der Waals surface area contributed by atoms with Crippen LogP contribution in [0, 0.1) is 13.8 Å². The smallest absolute Gasteiger partial charge is 0.382 e. The molecule has 0 bridgehead atoms. The van der Waals surface area contributed by atoms with Crippen LogP contribution in [0.3, 0.4) is 0 Å². The molecule has 9 nitrogen and oxygen atoms in total. The van der Waals surface area contributed by atoms with Gasteiger partial charge in [0.05, 0.1) is 0 Å². The van der Waals surface area contributed by atoms with Crippen molar-refractivity contribution in [1.29, 1.82) is 0 Å². The van der Waals surface area contributed by atoms with E-state index in [0.29, 0.717) is 15.7 Å². The fraction of sp³-hybridized carbons (Fsp3) is 0.308. The summed E-state index contributed by atoms with van der Waals surface area (Å²) in [4.78, 5) is 52.5. The lowest BCUT2D eigenvalue weighted by Gasteiger charge is -2.30. The van der Waals surface area contributed by atoms with Gasteiger partial charge in [-0.25, -0.2) is 4.79 Å². The molecule has 0 radical (unpaired) electrons. The molecular weight excluding hydrogens is 509 g/mol. The van der Waals surface area contributed by atoms with Crippen LogP contribution in [0.1, 0.15) is 50.1 Å². The lowest BCUT2D eigenvalue weighted by atomic mass is 9.81. The van der Waals surface area contributed by atoms with Gasteiger partial charge in [-0.3, -0.25) is 23.9 Å². The van der Waals surface area contributed by atoms with E-state index in [-0.39, 0.29) is 17.3 Å². The zero-order chi connectivity index (χ0) is 28.0. The normalized spacial score (nSPS) is 22.3. The minimum atomic E-state index is -5.13. The van der Waals surface area contributed by atoms with E-state index in [1.807, 2.05) is 0 Å². The summed E-state index contributed by atoms with van der Waals surface area (Å²) in [6.07, 6.45) is -11.6. The number of ketones is 2.